The number of hydrogen-bond acceptors (Lipinski definition) is 6. The van der Waals surface area contributed by atoms with Crippen LogP contribution in [-0.2, 0) is 11.3 Å². The van der Waals surface area contributed by atoms with Crippen LogP contribution in [0.1, 0.15) is 16.2 Å². The lowest BCUT2D eigenvalue weighted by Gasteiger charge is -1.97. The molecular weight excluding hydrogens is 351 g/mol. The normalized spacial score (nSPS) is 10.7. The summed E-state index contributed by atoms with van der Waals surface area (Å²) in [7, 11) is 0. The second kappa shape index (κ2) is 7.25. The van der Waals surface area contributed by atoms with Crippen LogP contribution in [-0.4, -0.2) is 16.3 Å². The maximum absolute atomic E-state index is 13.0. The van der Waals surface area contributed by atoms with Crippen molar-refractivity contribution in [2.45, 2.75) is 6.61 Å². The average Bonchev–Trinajstić information content (AvgIpc) is 3.37. The Morgan fingerprint density at radius 1 is 0.889 bits per heavy atom. The van der Waals surface area contributed by atoms with E-state index in [0.717, 1.165) is 5.56 Å². The van der Waals surface area contributed by atoms with Gasteiger partial charge in [-0.15, -0.1) is 0 Å². The predicted molar refractivity (Wildman–Crippen MR) is 93.0 cm³/mol. The summed E-state index contributed by atoms with van der Waals surface area (Å²) in [5.74, 6) is -0.0430. The van der Waals surface area contributed by atoms with Crippen LogP contribution in [0.5, 0.6) is 0 Å². The Balaban J connectivity index is 1.40. The summed E-state index contributed by atoms with van der Waals surface area (Å²) in [6.07, 6.45) is 0. The molecule has 7 heteroatoms. The van der Waals surface area contributed by atoms with Crippen molar-refractivity contribution in [1.82, 2.24) is 10.3 Å². The fourth-order valence-electron chi connectivity index (χ4n) is 2.45. The van der Waals surface area contributed by atoms with Gasteiger partial charge in [0, 0.05) is 23.3 Å². The molecule has 0 unspecified atom stereocenters. The van der Waals surface area contributed by atoms with Crippen molar-refractivity contribution in [3.63, 3.8) is 0 Å². The second-order valence-electron chi connectivity index (χ2n) is 5.71. The van der Waals surface area contributed by atoms with E-state index in [-0.39, 0.29) is 18.1 Å². The first-order valence-corrected chi connectivity index (χ1v) is 8.10. The molecule has 0 saturated heterocycles. The Morgan fingerprint density at radius 3 is 2.33 bits per heavy atom. The predicted octanol–water partition coefficient (Wildman–Crippen LogP) is 4.49. The van der Waals surface area contributed by atoms with Gasteiger partial charge in [0.05, 0.1) is 0 Å². The SMILES string of the molecule is O=C(OCc1cc(-c2ccc(F)cc2)on1)c1cc(-c2ccccc2)on1. The Bertz CT molecular complexity index is 1060. The summed E-state index contributed by atoms with van der Waals surface area (Å²) in [5.41, 5.74) is 1.97. The van der Waals surface area contributed by atoms with Gasteiger partial charge in [0.15, 0.2) is 17.2 Å². The van der Waals surface area contributed by atoms with E-state index in [2.05, 4.69) is 10.3 Å². The fourth-order valence-corrected chi connectivity index (χ4v) is 2.45. The van der Waals surface area contributed by atoms with Gasteiger partial charge in [-0.2, -0.15) is 0 Å². The number of rotatable bonds is 5. The standard InChI is InChI=1S/C20H13FN2O4/c21-15-8-6-14(7-9-15)18-10-16(22-26-18)12-25-20(24)17-11-19(27-23-17)13-4-2-1-3-5-13/h1-11H,12H2. The zero-order chi connectivity index (χ0) is 18.6. The van der Waals surface area contributed by atoms with Crippen molar-refractivity contribution < 1.29 is 23.0 Å². The number of aromatic nitrogens is 2. The molecule has 2 aromatic heterocycles. The van der Waals surface area contributed by atoms with Crippen molar-refractivity contribution in [2.24, 2.45) is 0 Å². The van der Waals surface area contributed by atoms with E-state index < -0.39 is 5.97 Å². The minimum absolute atomic E-state index is 0.0658. The third-order valence-electron chi connectivity index (χ3n) is 3.82. The van der Waals surface area contributed by atoms with Gasteiger partial charge in [-0.1, -0.05) is 40.6 Å². The number of halogens is 1. The molecule has 0 saturated carbocycles. The smallest absolute Gasteiger partial charge is 0.360 e. The zero-order valence-corrected chi connectivity index (χ0v) is 14.0. The molecule has 4 aromatic rings. The quantitative estimate of drug-likeness (QED) is 0.486. The van der Waals surface area contributed by atoms with Crippen LogP contribution in [0, 0.1) is 5.82 Å². The lowest BCUT2D eigenvalue weighted by Crippen LogP contribution is -2.05. The topological polar surface area (TPSA) is 78.4 Å². The van der Waals surface area contributed by atoms with E-state index in [1.807, 2.05) is 30.3 Å². The molecule has 0 N–H and O–H groups in total. The first-order valence-electron chi connectivity index (χ1n) is 8.10. The highest BCUT2D eigenvalue weighted by atomic mass is 19.1. The van der Waals surface area contributed by atoms with E-state index in [4.69, 9.17) is 13.8 Å². The number of benzene rings is 2. The van der Waals surface area contributed by atoms with Gasteiger partial charge >= 0.3 is 5.97 Å². The Hall–Kier alpha value is -3.74. The summed E-state index contributed by atoms with van der Waals surface area (Å²) in [5, 5.41) is 7.58. The molecule has 0 spiro atoms. The molecule has 2 aromatic carbocycles. The number of esters is 1. The van der Waals surface area contributed by atoms with Crippen LogP contribution >= 0.6 is 0 Å². The van der Waals surface area contributed by atoms with E-state index in [9.17, 15) is 9.18 Å². The molecule has 6 nitrogen and oxygen atoms in total. The highest BCUT2D eigenvalue weighted by molar-refractivity contribution is 5.88. The van der Waals surface area contributed by atoms with Crippen molar-refractivity contribution in [3.8, 4) is 22.6 Å². The third kappa shape index (κ3) is 3.77. The number of ether oxygens (including phenoxy) is 1. The molecule has 0 aliphatic rings. The molecule has 0 bridgehead atoms. The minimum Gasteiger partial charge on any atom is -0.454 e. The lowest BCUT2D eigenvalue weighted by atomic mass is 10.1. The van der Waals surface area contributed by atoms with Gasteiger partial charge in [0.2, 0.25) is 0 Å². The molecular formula is C20H13FN2O4. The van der Waals surface area contributed by atoms with Gasteiger partial charge < -0.3 is 13.8 Å². The van der Waals surface area contributed by atoms with Crippen molar-refractivity contribution in [1.29, 1.82) is 0 Å². The van der Waals surface area contributed by atoms with Crippen LogP contribution in [0.3, 0.4) is 0 Å². The van der Waals surface area contributed by atoms with Gasteiger partial charge in [-0.05, 0) is 24.3 Å². The van der Waals surface area contributed by atoms with E-state index >= 15 is 0 Å². The lowest BCUT2D eigenvalue weighted by molar-refractivity contribution is 0.0452. The maximum Gasteiger partial charge on any atom is 0.360 e. The number of hydrogen-bond donors (Lipinski definition) is 0. The number of nitrogens with zero attached hydrogens (tertiary/aromatic N) is 2. The largest absolute Gasteiger partial charge is 0.454 e. The monoisotopic (exact) mass is 364 g/mol. The highest BCUT2D eigenvalue weighted by Gasteiger charge is 2.16. The molecule has 0 amide bonds. The Morgan fingerprint density at radius 2 is 1.56 bits per heavy atom. The Kier molecular flexibility index (Phi) is 4.49. The second-order valence-corrected chi connectivity index (χ2v) is 5.71. The van der Waals surface area contributed by atoms with Gasteiger partial charge in [-0.25, -0.2) is 9.18 Å². The zero-order valence-electron chi connectivity index (χ0n) is 14.0. The number of carbonyl (C=O) groups is 1. The maximum atomic E-state index is 13.0. The molecule has 0 radical (unpaired) electrons. The number of carbonyl (C=O) groups excluding carboxylic acids is 1. The van der Waals surface area contributed by atoms with E-state index in [0.29, 0.717) is 22.8 Å². The Labute approximate surface area is 153 Å². The first-order chi connectivity index (χ1) is 13.2. The summed E-state index contributed by atoms with van der Waals surface area (Å²) in [4.78, 5) is 12.1. The molecule has 4 rings (SSSR count). The summed E-state index contributed by atoms with van der Waals surface area (Å²) >= 11 is 0. The highest BCUT2D eigenvalue weighted by Crippen LogP contribution is 2.22. The summed E-state index contributed by atoms with van der Waals surface area (Å²) in [6.45, 7) is -0.0863. The van der Waals surface area contributed by atoms with Crippen LogP contribution < -0.4 is 0 Å². The summed E-state index contributed by atoms with van der Waals surface area (Å²) in [6, 6.07) is 18.2. The molecule has 134 valence electrons. The van der Waals surface area contributed by atoms with Crippen molar-refractivity contribution in [3.05, 3.63) is 83.9 Å². The average molecular weight is 364 g/mol. The fraction of sp³-hybridized carbons (Fsp3) is 0.0500. The van der Waals surface area contributed by atoms with Crippen molar-refractivity contribution in [2.75, 3.05) is 0 Å². The molecule has 0 fully saturated rings. The van der Waals surface area contributed by atoms with Gasteiger partial charge in [0.1, 0.15) is 18.1 Å². The van der Waals surface area contributed by atoms with Crippen LogP contribution in [0.25, 0.3) is 22.6 Å². The summed E-state index contributed by atoms with van der Waals surface area (Å²) < 4.78 is 28.5. The molecule has 2 heterocycles. The molecule has 0 aliphatic carbocycles. The van der Waals surface area contributed by atoms with Crippen LogP contribution in [0.15, 0.2) is 75.8 Å². The first kappa shape index (κ1) is 16.7. The molecule has 0 atom stereocenters. The molecule has 0 aliphatic heterocycles. The van der Waals surface area contributed by atoms with Crippen LogP contribution in [0.4, 0.5) is 4.39 Å². The van der Waals surface area contributed by atoms with Gasteiger partial charge in [0.25, 0.3) is 0 Å². The van der Waals surface area contributed by atoms with E-state index in [1.165, 1.54) is 18.2 Å². The van der Waals surface area contributed by atoms with Gasteiger partial charge in [-0.3, -0.25) is 0 Å². The minimum atomic E-state index is -0.632. The van der Waals surface area contributed by atoms with Crippen molar-refractivity contribution >= 4 is 5.97 Å². The molecule has 27 heavy (non-hydrogen) atoms. The third-order valence-corrected chi connectivity index (χ3v) is 3.82. The van der Waals surface area contributed by atoms with Crippen LogP contribution in [0.2, 0.25) is 0 Å². The van der Waals surface area contributed by atoms with E-state index in [1.54, 1.807) is 18.2 Å².